The summed E-state index contributed by atoms with van der Waals surface area (Å²) < 4.78 is 4.65. The molecule has 96 valence electrons. The highest BCUT2D eigenvalue weighted by Crippen LogP contribution is 2.18. The Morgan fingerprint density at radius 2 is 2.11 bits per heavy atom. The minimum absolute atomic E-state index is 0.0553. The molecule has 0 aliphatic carbocycles. The third kappa shape index (κ3) is 3.99. The van der Waals surface area contributed by atoms with Crippen LogP contribution in [-0.4, -0.2) is 22.6 Å². The van der Waals surface area contributed by atoms with Crippen molar-refractivity contribution in [2.45, 2.75) is 13.0 Å². The van der Waals surface area contributed by atoms with Crippen molar-refractivity contribution in [1.82, 2.24) is 0 Å². The van der Waals surface area contributed by atoms with Gasteiger partial charge in [-0.15, -0.1) is 0 Å². The number of benzene rings is 1. The van der Waals surface area contributed by atoms with Crippen molar-refractivity contribution in [1.29, 1.82) is 0 Å². The second kappa shape index (κ2) is 6.51. The largest absolute Gasteiger partial charge is 0.463 e. The Kier molecular flexibility index (Phi) is 5.01. The minimum atomic E-state index is -1.00. The number of aliphatic hydroxyl groups excluding tert-OH is 1. The number of rotatable bonds is 5. The Morgan fingerprint density at radius 3 is 2.61 bits per heavy atom. The maximum Gasteiger partial charge on any atom is 0.330 e. The number of nitrogens with zero attached hydrogens (tertiary/aromatic N) is 1. The molecule has 0 fully saturated rings. The normalized spacial score (nSPS) is 12.3. The molecule has 1 rings (SSSR count). The highest BCUT2D eigenvalue weighted by molar-refractivity contribution is 5.82. The average Bonchev–Trinajstić information content (AvgIpc) is 2.36. The van der Waals surface area contributed by atoms with E-state index in [9.17, 15) is 20.0 Å². The van der Waals surface area contributed by atoms with Crippen molar-refractivity contribution in [2.24, 2.45) is 0 Å². The van der Waals surface area contributed by atoms with Gasteiger partial charge in [-0.1, -0.05) is 0 Å². The summed E-state index contributed by atoms with van der Waals surface area (Å²) in [5, 5.41) is 20.1. The van der Waals surface area contributed by atoms with Crippen LogP contribution in [0.2, 0.25) is 0 Å². The van der Waals surface area contributed by atoms with Gasteiger partial charge in [-0.2, -0.15) is 0 Å². The molecule has 0 aliphatic rings. The van der Waals surface area contributed by atoms with E-state index in [1.165, 1.54) is 30.3 Å². The summed E-state index contributed by atoms with van der Waals surface area (Å²) in [5.41, 5.74) is 0.404. The van der Waals surface area contributed by atoms with E-state index in [4.69, 9.17) is 0 Å². The summed E-state index contributed by atoms with van der Waals surface area (Å²) in [6.45, 7) is 1.94. The van der Waals surface area contributed by atoms with Crippen molar-refractivity contribution in [3.8, 4) is 0 Å². The topological polar surface area (TPSA) is 89.7 Å². The van der Waals surface area contributed by atoms with Gasteiger partial charge in [-0.05, 0) is 30.7 Å². The molecular formula is C12H13NO5. The molecular weight excluding hydrogens is 238 g/mol. The number of esters is 1. The number of carbonyl (C=O) groups excluding carboxylic acids is 1. The first-order chi connectivity index (χ1) is 8.54. The predicted octanol–water partition coefficient (Wildman–Crippen LogP) is 1.75. The van der Waals surface area contributed by atoms with E-state index < -0.39 is 17.0 Å². The van der Waals surface area contributed by atoms with Crippen LogP contribution in [0.5, 0.6) is 0 Å². The molecule has 0 amide bonds. The van der Waals surface area contributed by atoms with Gasteiger partial charge in [0, 0.05) is 18.2 Å². The molecule has 0 spiro atoms. The van der Waals surface area contributed by atoms with Gasteiger partial charge in [0.1, 0.15) is 0 Å². The lowest BCUT2D eigenvalue weighted by Gasteiger charge is -2.05. The molecule has 1 aromatic rings. The number of nitro benzene ring substituents is 1. The molecule has 1 N–H and O–H groups in total. The number of hydrogen-bond acceptors (Lipinski definition) is 5. The molecule has 1 atom stereocenters. The van der Waals surface area contributed by atoms with E-state index in [2.05, 4.69) is 4.74 Å². The van der Waals surface area contributed by atoms with Gasteiger partial charge in [-0.25, -0.2) is 4.79 Å². The van der Waals surface area contributed by atoms with Crippen LogP contribution in [0, 0.1) is 10.1 Å². The zero-order valence-electron chi connectivity index (χ0n) is 9.78. The van der Waals surface area contributed by atoms with Crippen molar-refractivity contribution in [3.05, 3.63) is 52.1 Å². The molecule has 0 radical (unpaired) electrons. The van der Waals surface area contributed by atoms with Crippen LogP contribution in [0.15, 0.2) is 36.4 Å². The summed E-state index contributed by atoms with van der Waals surface area (Å²) in [7, 11) is 0. The Labute approximate surface area is 104 Å². The van der Waals surface area contributed by atoms with Gasteiger partial charge >= 0.3 is 5.97 Å². The standard InChI is InChI=1S/C12H13NO5/c1-2-18-12(15)8-7-11(14)9-3-5-10(6-4-9)13(16)17/h3-8,11,14H,2H2,1H3/b8-7+/t11-/m1/s1. The summed E-state index contributed by atoms with van der Waals surface area (Å²) in [6, 6.07) is 5.43. The number of aliphatic hydroxyl groups is 1. The highest BCUT2D eigenvalue weighted by atomic mass is 16.6. The summed E-state index contributed by atoms with van der Waals surface area (Å²) in [6.07, 6.45) is 1.38. The van der Waals surface area contributed by atoms with E-state index in [0.717, 1.165) is 6.08 Å². The zero-order valence-corrected chi connectivity index (χ0v) is 9.78. The molecule has 6 nitrogen and oxygen atoms in total. The highest BCUT2D eigenvalue weighted by Gasteiger charge is 2.08. The van der Waals surface area contributed by atoms with Gasteiger partial charge in [0.2, 0.25) is 0 Å². The SMILES string of the molecule is CCOC(=O)/C=C/[C@@H](O)c1ccc([N+](=O)[O-])cc1. The van der Waals surface area contributed by atoms with Crippen LogP contribution in [0.1, 0.15) is 18.6 Å². The van der Waals surface area contributed by atoms with Gasteiger partial charge in [0.25, 0.3) is 5.69 Å². The maximum absolute atomic E-state index is 11.0. The Bertz CT molecular complexity index is 452. The van der Waals surface area contributed by atoms with Crippen LogP contribution in [0.4, 0.5) is 5.69 Å². The van der Waals surface area contributed by atoms with Crippen LogP contribution < -0.4 is 0 Å². The summed E-state index contributed by atoms with van der Waals surface area (Å²) in [4.78, 5) is 20.9. The summed E-state index contributed by atoms with van der Waals surface area (Å²) in [5.74, 6) is -0.543. The lowest BCUT2D eigenvalue weighted by Crippen LogP contribution is -2.01. The Balaban J connectivity index is 2.69. The maximum atomic E-state index is 11.0. The van der Waals surface area contributed by atoms with Gasteiger partial charge in [0.05, 0.1) is 17.6 Å². The molecule has 18 heavy (non-hydrogen) atoms. The van der Waals surface area contributed by atoms with Gasteiger partial charge in [-0.3, -0.25) is 10.1 Å². The quantitative estimate of drug-likeness (QED) is 0.372. The van der Waals surface area contributed by atoms with E-state index in [1.807, 2.05) is 0 Å². The smallest absolute Gasteiger partial charge is 0.330 e. The number of nitro groups is 1. The first kappa shape index (κ1) is 13.9. The third-order valence-corrected chi connectivity index (χ3v) is 2.15. The van der Waals surface area contributed by atoms with Crippen LogP contribution in [0.25, 0.3) is 0 Å². The van der Waals surface area contributed by atoms with Crippen LogP contribution in [-0.2, 0) is 9.53 Å². The fourth-order valence-electron chi connectivity index (χ4n) is 1.26. The first-order valence-electron chi connectivity index (χ1n) is 5.32. The molecule has 1 aromatic carbocycles. The predicted molar refractivity (Wildman–Crippen MR) is 63.8 cm³/mol. The zero-order chi connectivity index (χ0) is 13.5. The van der Waals surface area contributed by atoms with Crippen molar-refractivity contribution < 1.29 is 19.6 Å². The molecule has 0 heterocycles. The van der Waals surface area contributed by atoms with Gasteiger partial charge in [0.15, 0.2) is 0 Å². The lowest BCUT2D eigenvalue weighted by atomic mass is 10.1. The Morgan fingerprint density at radius 1 is 1.50 bits per heavy atom. The monoisotopic (exact) mass is 251 g/mol. The van der Waals surface area contributed by atoms with E-state index >= 15 is 0 Å². The number of ether oxygens (including phenoxy) is 1. The fourth-order valence-corrected chi connectivity index (χ4v) is 1.26. The van der Waals surface area contributed by atoms with Crippen molar-refractivity contribution in [2.75, 3.05) is 6.61 Å². The summed E-state index contributed by atoms with van der Waals surface area (Å²) >= 11 is 0. The molecule has 0 unspecified atom stereocenters. The average molecular weight is 251 g/mol. The second-order valence-corrected chi connectivity index (χ2v) is 3.40. The number of carbonyl (C=O) groups is 1. The van der Waals surface area contributed by atoms with E-state index in [1.54, 1.807) is 6.92 Å². The van der Waals surface area contributed by atoms with Gasteiger partial charge < -0.3 is 9.84 Å². The van der Waals surface area contributed by atoms with E-state index in [0.29, 0.717) is 5.56 Å². The van der Waals surface area contributed by atoms with Crippen molar-refractivity contribution in [3.63, 3.8) is 0 Å². The number of hydrogen-bond donors (Lipinski definition) is 1. The molecule has 0 aromatic heterocycles. The molecule has 0 saturated carbocycles. The second-order valence-electron chi connectivity index (χ2n) is 3.40. The fraction of sp³-hybridized carbons (Fsp3) is 0.250. The van der Waals surface area contributed by atoms with E-state index in [-0.39, 0.29) is 12.3 Å². The Hall–Kier alpha value is -2.21. The minimum Gasteiger partial charge on any atom is -0.463 e. The molecule has 0 aliphatic heterocycles. The molecule has 0 saturated heterocycles. The lowest BCUT2D eigenvalue weighted by molar-refractivity contribution is -0.384. The first-order valence-corrected chi connectivity index (χ1v) is 5.32. The molecule has 0 bridgehead atoms. The van der Waals surface area contributed by atoms with Crippen LogP contribution >= 0.6 is 0 Å². The number of non-ortho nitro benzene ring substituents is 1. The van der Waals surface area contributed by atoms with Crippen molar-refractivity contribution >= 4 is 11.7 Å². The van der Waals surface area contributed by atoms with Crippen LogP contribution in [0.3, 0.4) is 0 Å². The molecule has 6 heteroatoms. The third-order valence-electron chi connectivity index (χ3n) is 2.15.